The van der Waals surface area contributed by atoms with Crippen LogP contribution in [-0.2, 0) is 11.3 Å². The van der Waals surface area contributed by atoms with E-state index in [1.165, 1.54) is 24.8 Å². The molecule has 1 atom stereocenters. The third-order valence-electron chi connectivity index (χ3n) is 7.40. The van der Waals surface area contributed by atoms with Gasteiger partial charge in [-0.2, -0.15) is 0 Å². The largest absolute Gasteiger partial charge is 0.388 e. The van der Waals surface area contributed by atoms with Gasteiger partial charge in [-0.25, -0.2) is 0 Å². The number of hydrogen-bond donors (Lipinski definition) is 2. The minimum Gasteiger partial charge on any atom is -0.388 e. The molecule has 1 saturated carbocycles. The fraction of sp³-hybridized carbons (Fsp3) is 0.750. The summed E-state index contributed by atoms with van der Waals surface area (Å²) in [7, 11) is 0. The Morgan fingerprint density at radius 3 is 2.67 bits per heavy atom. The molecule has 0 bridgehead atoms. The van der Waals surface area contributed by atoms with Gasteiger partial charge in [0.25, 0.3) is 0 Å². The zero-order valence-corrected chi connectivity index (χ0v) is 18.3. The van der Waals surface area contributed by atoms with Crippen molar-refractivity contribution in [1.82, 2.24) is 20.1 Å². The van der Waals surface area contributed by atoms with Crippen molar-refractivity contribution < 1.29 is 9.90 Å². The zero-order valence-electron chi connectivity index (χ0n) is 18.3. The molecule has 0 aromatic carbocycles. The highest BCUT2D eigenvalue weighted by molar-refractivity contribution is 5.79. The summed E-state index contributed by atoms with van der Waals surface area (Å²) in [6.45, 7) is 5.61. The first-order valence-electron chi connectivity index (χ1n) is 12.0. The maximum absolute atomic E-state index is 12.8. The number of likely N-dealkylation sites (tertiary alicyclic amines) is 2. The second kappa shape index (κ2) is 10.2. The molecule has 6 heteroatoms. The highest BCUT2D eigenvalue weighted by atomic mass is 16.3. The number of carbonyl (C=O) groups excluding carboxylic acids is 1. The molecule has 0 spiro atoms. The van der Waals surface area contributed by atoms with Crippen LogP contribution in [0, 0.1) is 5.92 Å². The van der Waals surface area contributed by atoms with Crippen LogP contribution in [0.2, 0.25) is 0 Å². The van der Waals surface area contributed by atoms with Gasteiger partial charge in [0.15, 0.2) is 0 Å². The van der Waals surface area contributed by atoms with Gasteiger partial charge in [0, 0.05) is 38.1 Å². The Bertz CT molecular complexity index is 669. The van der Waals surface area contributed by atoms with Crippen molar-refractivity contribution in [2.24, 2.45) is 5.92 Å². The summed E-state index contributed by atoms with van der Waals surface area (Å²) >= 11 is 0. The van der Waals surface area contributed by atoms with E-state index in [0.29, 0.717) is 12.6 Å². The molecular weight excluding hydrogens is 376 g/mol. The fourth-order valence-electron chi connectivity index (χ4n) is 5.53. The van der Waals surface area contributed by atoms with Gasteiger partial charge in [-0.15, -0.1) is 0 Å². The van der Waals surface area contributed by atoms with Gasteiger partial charge in [0.05, 0.1) is 11.5 Å². The van der Waals surface area contributed by atoms with Gasteiger partial charge in [0.1, 0.15) is 0 Å². The minimum absolute atomic E-state index is 0.0689. The summed E-state index contributed by atoms with van der Waals surface area (Å²) in [5.74, 6) is 0.215. The van der Waals surface area contributed by atoms with Gasteiger partial charge in [-0.05, 0) is 69.8 Å². The first kappa shape index (κ1) is 21.7. The second-order valence-electron chi connectivity index (χ2n) is 9.71. The number of aromatic nitrogens is 1. The smallest absolute Gasteiger partial charge is 0.224 e. The highest BCUT2D eigenvalue weighted by Crippen LogP contribution is 2.28. The van der Waals surface area contributed by atoms with E-state index in [0.717, 1.165) is 71.2 Å². The monoisotopic (exact) mass is 414 g/mol. The van der Waals surface area contributed by atoms with Crippen LogP contribution in [0.25, 0.3) is 0 Å². The highest BCUT2D eigenvalue weighted by Gasteiger charge is 2.34. The molecule has 3 fully saturated rings. The summed E-state index contributed by atoms with van der Waals surface area (Å²) in [4.78, 5) is 22.1. The van der Waals surface area contributed by atoms with Crippen molar-refractivity contribution >= 4 is 5.91 Å². The number of rotatable bonds is 6. The first-order valence-corrected chi connectivity index (χ1v) is 12.0. The van der Waals surface area contributed by atoms with Gasteiger partial charge >= 0.3 is 0 Å². The van der Waals surface area contributed by atoms with Crippen molar-refractivity contribution in [3.8, 4) is 0 Å². The van der Waals surface area contributed by atoms with Crippen molar-refractivity contribution in [3.63, 3.8) is 0 Å². The molecule has 3 heterocycles. The minimum atomic E-state index is -0.677. The Kier molecular flexibility index (Phi) is 7.39. The number of nitrogens with zero attached hydrogens (tertiary/aromatic N) is 3. The second-order valence-corrected chi connectivity index (χ2v) is 9.71. The summed E-state index contributed by atoms with van der Waals surface area (Å²) in [6.07, 6.45) is 13.2. The number of piperidine rings is 2. The number of hydrogen-bond acceptors (Lipinski definition) is 5. The van der Waals surface area contributed by atoms with Crippen LogP contribution in [0.4, 0.5) is 0 Å². The summed E-state index contributed by atoms with van der Waals surface area (Å²) in [5.41, 5.74) is 0.605. The molecule has 1 amide bonds. The van der Waals surface area contributed by atoms with Crippen molar-refractivity contribution in [3.05, 3.63) is 30.1 Å². The maximum atomic E-state index is 12.8. The summed E-state index contributed by atoms with van der Waals surface area (Å²) in [6, 6.07) is 4.75. The van der Waals surface area contributed by atoms with E-state index in [1.54, 1.807) is 0 Å². The molecule has 2 saturated heterocycles. The Morgan fingerprint density at radius 1 is 1.13 bits per heavy atom. The lowest BCUT2D eigenvalue weighted by atomic mass is 9.84. The molecule has 1 unspecified atom stereocenters. The predicted octanol–water partition coefficient (Wildman–Crippen LogP) is 2.57. The third kappa shape index (κ3) is 5.80. The van der Waals surface area contributed by atoms with E-state index < -0.39 is 5.60 Å². The number of aliphatic hydroxyl groups is 1. The molecule has 1 aliphatic carbocycles. The Balaban J connectivity index is 1.21. The molecule has 30 heavy (non-hydrogen) atoms. The third-order valence-corrected chi connectivity index (χ3v) is 7.40. The Labute approximate surface area is 181 Å². The standard InChI is InChI=1S/C24H38N4O2/c29-23(26-19-24(30)10-2-1-3-11-24)21-7-5-13-28(18-21)22-8-14-27(15-9-22)17-20-6-4-12-25-16-20/h4,6,12,16,21-22,30H,1-3,5,7-11,13-15,17-19H2,(H,26,29). The number of nitrogens with one attached hydrogen (secondary N) is 1. The van der Waals surface area contributed by atoms with Gasteiger partial charge in [-0.1, -0.05) is 25.3 Å². The molecule has 6 nitrogen and oxygen atoms in total. The summed E-state index contributed by atoms with van der Waals surface area (Å²) < 4.78 is 0. The van der Waals surface area contributed by atoms with E-state index >= 15 is 0 Å². The molecule has 3 aliphatic rings. The molecule has 1 aromatic heterocycles. The summed E-state index contributed by atoms with van der Waals surface area (Å²) in [5, 5.41) is 13.8. The molecule has 1 aromatic rings. The topological polar surface area (TPSA) is 68.7 Å². The molecule has 4 rings (SSSR count). The van der Waals surface area contributed by atoms with Crippen molar-refractivity contribution in [1.29, 1.82) is 0 Å². The van der Waals surface area contributed by atoms with Crippen LogP contribution in [0.1, 0.15) is 63.4 Å². The molecule has 166 valence electrons. The average molecular weight is 415 g/mol. The lowest BCUT2D eigenvalue weighted by molar-refractivity contribution is -0.128. The van der Waals surface area contributed by atoms with E-state index in [2.05, 4.69) is 26.2 Å². The van der Waals surface area contributed by atoms with Crippen LogP contribution in [-0.4, -0.2) is 70.2 Å². The Hall–Kier alpha value is -1.50. The fourth-order valence-corrected chi connectivity index (χ4v) is 5.53. The van der Waals surface area contributed by atoms with Crippen LogP contribution < -0.4 is 5.32 Å². The Morgan fingerprint density at radius 2 is 1.93 bits per heavy atom. The van der Waals surface area contributed by atoms with E-state index in [1.807, 2.05) is 18.5 Å². The van der Waals surface area contributed by atoms with Crippen LogP contribution in [0.15, 0.2) is 24.5 Å². The van der Waals surface area contributed by atoms with E-state index in [4.69, 9.17) is 0 Å². The normalized spacial score (nSPS) is 26.4. The number of pyridine rings is 1. The quantitative estimate of drug-likeness (QED) is 0.749. The zero-order chi connectivity index (χ0) is 20.8. The van der Waals surface area contributed by atoms with E-state index in [9.17, 15) is 9.90 Å². The average Bonchev–Trinajstić information content (AvgIpc) is 2.79. The lowest BCUT2D eigenvalue weighted by Crippen LogP contribution is -2.52. The molecule has 0 radical (unpaired) electrons. The predicted molar refractivity (Wildman–Crippen MR) is 118 cm³/mol. The van der Waals surface area contributed by atoms with Gasteiger partial charge in [0.2, 0.25) is 5.91 Å². The van der Waals surface area contributed by atoms with E-state index in [-0.39, 0.29) is 11.8 Å². The van der Waals surface area contributed by atoms with Crippen LogP contribution in [0.3, 0.4) is 0 Å². The molecule has 2 aliphatic heterocycles. The number of amides is 1. The number of carbonyl (C=O) groups is 1. The SMILES string of the molecule is O=C(NCC1(O)CCCCC1)C1CCCN(C2CCN(Cc3cccnc3)CC2)C1. The van der Waals surface area contributed by atoms with Crippen LogP contribution in [0.5, 0.6) is 0 Å². The molecule has 2 N–H and O–H groups in total. The molecular formula is C24H38N4O2. The lowest BCUT2D eigenvalue weighted by Gasteiger charge is -2.42. The van der Waals surface area contributed by atoms with Crippen molar-refractivity contribution in [2.45, 2.75) is 76.0 Å². The van der Waals surface area contributed by atoms with Gasteiger partial charge in [-0.3, -0.25) is 19.6 Å². The van der Waals surface area contributed by atoms with Crippen molar-refractivity contribution in [2.75, 3.05) is 32.7 Å². The van der Waals surface area contributed by atoms with Gasteiger partial charge < -0.3 is 10.4 Å². The van der Waals surface area contributed by atoms with Crippen LogP contribution >= 0.6 is 0 Å². The first-order chi connectivity index (χ1) is 14.6. The maximum Gasteiger partial charge on any atom is 0.224 e.